The number of hydrogen-bond donors (Lipinski definition) is 2. The van der Waals surface area contributed by atoms with Crippen molar-refractivity contribution in [3.05, 3.63) is 16.1 Å². The number of nitrogens with one attached hydrogen (secondary N) is 1. The Labute approximate surface area is 107 Å². The molecule has 0 radical (unpaired) electrons. The predicted molar refractivity (Wildman–Crippen MR) is 71.3 cm³/mol. The molecule has 5 heteroatoms. The number of nitrogens with two attached hydrogens (primary N) is 1. The largest absolute Gasteiger partial charge is 0.348 e. The topological polar surface area (TPSA) is 68.0 Å². The Morgan fingerprint density at radius 3 is 2.88 bits per heavy atom. The SMILES string of the molecule is CCC(C)C(C)NC(=O)c1csc(CCN)n1. The van der Waals surface area contributed by atoms with Crippen molar-refractivity contribution in [1.29, 1.82) is 0 Å². The van der Waals surface area contributed by atoms with E-state index in [1.165, 1.54) is 11.3 Å². The second-order valence-corrected chi connectivity index (χ2v) is 5.26. The minimum Gasteiger partial charge on any atom is -0.348 e. The van der Waals surface area contributed by atoms with Gasteiger partial charge in [-0.2, -0.15) is 0 Å². The average Bonchev–Trinajstić information content (AvgIpc) is 2.77. The van der Waals surface area contributed by atoms with Crippen LogP contribution in [-0.2, 0) is 6.42 Å². The van der Waals surface area contributed by atoms with Crippen LogP contribution < -0.4 is 11.1 Å². The number of amides is 1. The molecule has 96 valence electrons. The molecular formula is C12H21N3OS. The lowest BCUT2D eigenvalue weighted by atomic mass is 10.0. The van der Waals surface area contributed by atoms with E-state index in [0.29, 0.717) is 18.2 Å². The highest BCUT2D eigenvalue weighted by Crippen LogP contribution is 2.12. The molecule has 0 spiro atoms. The highest BCUT2D eigenvalue weighted by molar-refractivity contribution is 7.09. The van der Waals surface area contributed by atoms with Gasteiger partial charge < -0.3 is 11.1 Å². The standard InChI is InChI=1S/C12H21N3OS/c1-4-8(2)9(3)14-12(16)10-7-17-11(15-10)5-6-13/h7-9H,4-6,13H2,1-3H3,(H,14,16). The third-order valence-corrected chi connectivity index (χ3v) is 3.91. The molecule has 1 aromatic heterocycles. The van der Waals surface area contributed by atoms with Gasteiger partial charge in [-0.15, -0.1) is 11.3 Å². The van der Waals surface area contributed by atoms with Crippen LogP contribution in [0.15, 0.2) is 5.38 Å². The Morgan fingerprint density at radius 2 is 2.29 bits per heavy atom. The van der Waals surface area contributed by atoms with Gasteiger partial charge in [0, 0.05) is 17.8 Å². The van der Waals surface area contributed by atoms with Gasteiger partial charge in [-0.3, -0.25) is 4.79 Å². The highest BCUT2D eigenvalue weighted by Gasteiger charge is 2.16. The minimum atomic E-state index is -0.0858. The summed E-state index contributed by atoms with van der Waals surface area (Å²) >= 11 is 1.49. The number of thiazole rings is 1. The molecule has 0 saturated heterocycles. The van der Waals surface area contributed by atoms with Crippen molar-refractivity contribution in [2.45, 2.75) is 39.7 Å². The zero-order valence-electron chi connectivity index (χ0n) is 10.7. The predicted octanol–water partition coefficient (Wildman–Crippen LogP) is 1.81. The zero-order chi connectivity index (χ0) is 12.8. The number of carbonyl (C=O) groups excluding carboxylic acids is 1. The molecule has 1 heterocycles. The monoisotopic (exact) mass is 255 g/mol. The number of carbonyl (C=O) groups is 1. The summed E-state index contributed by atoms with van der Waals surface area (Å²) in [4.78, 5) is 16.2. The van der Waals surface area contributed by atoms with Crippen molar-refractivity contribution in [2.24, 2.45) is 11.7 Å². The van der Waals surface area contributed by atoms with E-state index < -0.39 is 0 Å². The van der Waals surface area contributed by atoms with Gasteiger partial charge in [0.1, 0.15) is 5.69 Å². The molecule has 3 N–H and O–H groups in total. The van der Waals surface area contributed by atoms with Crippen LogP contribution in [0.4, 0.5) is 0 Å². The van der Waals surface area contributed by atoms with E-state index in [9.17, 15) is 4.79 Å². The second kappa shape index (κ2) is 6.71. The summed E-state index contributed by atoms with van der Waals surface area (Å²) in [5, 5.41) is 5.70. The van der Waals surface area contributed by atoms with Gasteiger partial charge in [-0.25, -0.2) is 4.98 Å². The molecule has 1 amide bonds. The zero-order valence-corrected chi connectivity index (χ0v) is 11.5. The van der Waals surface area contributed by atoms with E-state index in [1.807, 2.05) is 6.92 Å². The quantitative estimate of drug-likeness (QED) is 0.814. The van der Waals surface area contributed by atoms with Crippen molar-refractivity contribution >= 4 is 17.2 Å². The highest BCUT2D eigenvalue weighted by atomic mass is 32.1. The smallest absolute Gasteiger partial charge is 0.270 e. The van der Waals surface area contributed by atoms with Gasteiger partial charge in [0.2, 0.25) is 0 Å². The maximum Gasteiger partial charge on any atom is 0.270 e. The summed E-state index contributed by atoms with van der Waals surface area (Å²) in [7, 11) is 0. The minimum absolute atomic E-state index is 0.0858. The molecule has 0 saturated carbocycles. The summed E-state index contributed by atoms with van der Waals surface area (Å²) in [6.07, 6.45) is 1.79. The molecule has 1 rings (SSSR count). The van der Waals surface area contributed by atoms with Crippen molar-refractivity contribution in [3.8, 4) is 0 Å². The van der Waals surface area contributed by atoms with Gasteiger partial charge in [-0.1, -0.05) is 20.3 Å². The van der Waals surface area contributed by atoms with Crippen LogP contribution in [0.1, 0.15) is 42.7 Å². The Hall–Kier alpha value is -0.940. The fourth-order valence-electron chi connectivity index (χ4n) is 1.43. The van der Waals surface area contributed by atoms with Crippen molar-refractivity contribution in [3.63, 3.8) is 0 Å². The maximum atomic E-state index is 11.9. The van der Waals surface area contributed by atoms with E-state index in [-0.39, 0.29) is 11.9 Å². The third kappa shape index (κ3) is 4.09. The molecule has 0 aliphatic carbocycles. The molecule has 0 bridgehead atoms. The Balaban J connectivity index is 2.57. The van der Waals surface area contributed by atoms with Gasteiger partial charge in [0.15, 0.2) is 0 Å². The van der Waals surface area contributed by atoms with Gasteiger partial charge >= 0.3 is 0 Å². The van der Waals surface area contributed by atoms with Crippen molar-refractivity contribution in [1.82, 2.24) is 10.3 Å². The first-order valence-corrected chi connectivity index (χ1v) is 6.91. The van der Waals surface area contributed by atoms with Gasteiger partial charge in [0.05, 0.1) is 5.01 Å². The Bertz CT molecular complexity index is 364. The van der Waals surface area contributed by atoms with E-state index in [1.54, 1.807) is 5.38 Å². The third-order valence-electron chi connectivity index (χ3n) is 3.00. The first kappa shape index (κ1) is 14.1. The summed E-state index contributed by atoms with van der Waals surface area (Å²) in [5.74, 6) is 0.387. The summed E-state index contributed by atoms with van der Waals surface area (Å²) < 4.78 is 0. The number of aromatic nitrogens is 1. The molecular weight excluding hydrogens is 234 g/mol. The molecule has 4 nitrogen and oxygen atoms in total. The second-order valence-electron chi connectivity index (χ2n) is 4.31. The Morgan fingerprint density at radius 1 is 1.59 bits per heavy atom. The van der Waals surface area contributed by atoms with Crippen LogP contribution in [0, 0.1) is 5.92 Å². The molecule has 2 unspecified atom stereocenters. The summed E-state index contributed by atoms with van der Waals surface area (Å²) in [5.41, 5.74) is 5.96. The van der Waals surface area contributed by atoms with Crippen LogP contribution in [0.25, 0.3) is 0 Å². The van der Waals surface area contributed by atoms with Gasteiger partial charge in [0.25, 0.3) is 5.91 Å². The van der Waals surface area contributed by atoms with Crippen LogP contribution in [0.5, 0.6) is 0 Å². The normalized spacial score (nSPS) is 14.4. The first-order valence-electron chi connectivity index (χ1n) is 6.03. The number of nitrogens with zero attached hydrogens (tertiary/aromatic N) is 1. The fourth-order valence-corrected chi connectivity index (χ4v) is 2.22. The molecule has 2 atom stereocenters. The lowest BCUT2D eigenvalue weighted by Gasteiger charge is -2.19. The summed E-state index contributed by atoms with van der Waals surface area (Å²) in [6, 6.07) is 0.173. The fraction of sp³-hybridized carbons (Fsp3) is 0.667. The molecule has 0 fully saturated rings. The molecule has 0 aliphatic rings. The van der Waals surface area contributed by atoms with Crippen LogP contribution in [0.2, 0.25) is 0 Å². The number of hydrogen-bond acceptors (Lipinski definition) is 4. The first-order chi connectivity index (χ1) is 8.08. The van der Waals surface area contributed by atoms with Crippen molar-refractivity contribution < 1.29 is 4.79 Å². The van der Waals surface area contributed by atoms with E-state index >= 15 is 0 Å². The van der Waals surface area contributed by atoms with Crippen molar-refractivity contribution in [2.75, 3.05) is 6.54 Å². The molecule has 1 aromatic rings. The number of rotatable bonds is 6. The van der Waals surface area contributed by atoms with E-state index in [0.717, 1.165) is 17.8 Å². The lowest BCUT2D eigenvalue weighted by molar-refractivity contribution is 0.0923. The van der Waals surface area contributed by atoms with Crippen LogP contribution >= 0.6 is 11.3 Å². The van der Waals surface area contributed by atoms with Crippen LogP contribution in [0.3, 0.4) is 0 Å². The van der Waals surface area contributed by atoms with E-state index in [4.69, 9.17) is 5.73 Å². The molecule has 0 aliphatic heterocycles. The Kier molecular flexibility index (Phi) is 5.58. The lowest BCUT2D eigenvalue weighted by Crippen LogP contribution is -2.37. The maximum absolute atomic E-state index is 11.9. The van der Waals surface area contributed by atoms with Gasteiger partial charge in [-0.05, 0) is 19.4 Å². The average molecular weight is 255 g/mol. The van der Waals surface area contributed by atoms with E-state index in [2.05, 4.69) is 24.1 Å². The molecule has 17 heavy (non-hydrogen) atoms. The summed E-state index contributed by atoms with van der Waals surface area (Å²) in [6.45, 7) is 6.85. The van der Waals surface area contributed by atoms with Crippen LogP contribution in [-0.4, -0.2) is 23.5 Å². The molecule has 0 aromatic carbocycles.